The molecule has 3 nitrogen and oxygen atoms in total. The standard InChI is InChI=1S/C18H30N2O/c1-3-13-21-17-10-8-15(9-11-17)18(19)14-20-12-6-5-7-16(20)4-2/h8-11,16,18H,3-7,12-14,19H2,1-2H3. The maximum atomic E-state index is 6.41. The summed E-state index contributed by atoms with van der Waals surface area (Å²) in [5.74, 6) is 0.942. The molecule has 1 aromatic carbocycles. The molecule has 2 N–H and O–H groups in total. The predicted molar refractivity (Wildman–Crippen MR) is 88.7 cm³/mol. The van der Waals surface area contributed by atoms with Gasteiger partial charge in [-0.25, -0.2) is 0 Å². The lowest BCUT2D eigenvalue weighted by molar-refractivity contribution is 0.136. The van der Waals surface area contributed by atoms with Crippen molar-refractivity contribution >= 4 is 0 Å². The van der Waals surface area contributed by atoms with E-state index in [2.05, 4.69) is 30.9 Å². The number of benzene rings is 1. The Morgan fingerprint density at radius 3 is 2.67 bits per heavy atom. The molecular formula is C18H30N2O. The van der Waals surface area contributed by atoms with Gasteiger partial charge in [0.15, 0.2) is 0 Å². The van der Waals surface area contributed by atoms with Crippen LogP contribution < -0.4 is 10.5 Å². The lowest BCUT2D eigenvalue weighted by Gasteiger charge is -2.36. The van der Waals surface area contributed by atoms with Gasteiger partial charge in [0.1, 0.15) is 5.75 Å². The number of nitrogens with two attached hydrogens (primary N) is 1. The van der Waals surface area contributed by atoms with Gasteiger partial charge in [-0.2, -0.15) is 0 Å². The van der Waals surface area contributed by atoms with Gasteiger partial charge in [0.25, 0.3) is 0 Å². The third-order valence-corrected chi connectivity index (χ3v) is 4.43. The van der Waals surface area contributed by atoms with E-state index < -0.39 is 0 Å². The van der Waals surface area contributed by atoms with Gasteiger partial charge in [0, 0.05) is 18.6 Å². The van der Waals surface area contributed by atoms with Crippen LogP contribution in [0.2, 0.25) is 0 Å². The average molecular weight is 290 g/mol. The summed E-state index contributed by atoms with van der Waals surface area (Å²) < 4.78 is 5.62. The Labute approximate surface area is 129 Å². The number of nitrogens with zero attached hydrogens (tertiary/aromatic N) is 1. The third-order valence-electron chi connectivity index (χ3n) is 4.43. The van der Waals surface area contributed by atoms with E-state index in [1.165, 1.54) is 37.8 Å². The molecule has 1 heterocycles. The Bertz CT molecular complexity index is 404. The molecule has 1 fully saturated rings. The number of hydrogen-bond acceptors (Lipinski definition) is 3. The Balaban J connectivity index is 1.91. The highest BCUT2D eigenvalue weighted by Crippen LogP contribution is 2.23. The van der Waals surface area contributed by atoms with Crippen LogP contribution in [-0.2, 0) is 0 Å². The summed E-state index contributed by atoms with van der Waals surface area (Å²) >= 11 is 0. The molecular weight excluding hydrogens is 260 g/mol. The lowest BCUT2D eigenvalue weighted by atomic mass is 9.98. The van der Waals surface area contributed by atoms with Crippen molar-refractivity contribution < 1.29 is 4.74 Å². The van der Waals surface area contributed by atoms with Gasteiger partial charge in [-0.1, -0.05) is 32.4 Å². The van der Waals surface area contributed by atoms with E-state index in [-0.39, 0.29) is 6.04 Å². The summed E-state index contributed by atoms with van der Waals surface area (Å²) in [4.78, 5) is 2.58. The Hall–Kier alpha value is -1.06. The molecule has 0 spiro atoms. The maximum absolute atomic E-state index is 6.41. The first-order valence-corrected chi connectivity index (χ1v) is 8.47. The summed E-state index contributed by atoms with van der Waals surface area (Å²) in [6.45, 7) is 7.34. The third kappa shape index (κ3) is 4.72. The summed E-state index contributed by atoms with van der Waals surface area (Å²) in [6, 6.07) is 9.12. The van der Waals surface area contributed by atoms with Gasteiger partial charge < -0.3 is 10.5 Å². The van der Waals surface area contributed by atoms with Crippen LogP contribution >= 0.6 is 0 Å². The van der Waals surface area contributed by atoms with E-state index in [0.29, 0.717) is 0 Å². The number of piperidine rings is 1. The Kier molecular flexibility index (Phi) is 6.52. The zero-order chi connectivity index (χ0) is 15.1. The van der Waals surface area contributed by atoms with E-state index in [0.717, 1.165) is 31.4 Å². The van der Waals surface area contributed by atoms with Crippen molar-refractivity contribution in [2.24, 2.45) is 5.73 Å². The fourth-order valence-electron chi connectivity index (χ4n) is 3.15. The van der Waals surface area contributed by atoms with Crippen LogP contribution in [0.4, 0.5) is 0 Å². The van der Waals surface area contributed by atoms with Gasteiger partial charge in [-0.05, 0) is 49.9 Å². The van der Waals surface area contributed by atoms with Crippen LogP contribution in [0.3, 0.4) is 0 Å². The Morgan fingerprint density at radius 2 is 2.00 bits per heavy atom. The molecule has 1 aromatic rings. The zero-order valence-corrected chi connectivity index (χ0v) is 13.6. The first kappa shape index (κ1) is 16.3. The molecule has 0 saturated carbocycles. The van der Waals surface area contributed by atoms with Crippen molar-refractivity contribution in [1.82, 2.24) is 4.90 Å². The van der Waals surface area contributed by atoms with Crippen molar-refractivity contribution in [2.75, 3.05) is 19.7 Å². The molecule has 2 unspecified atom stereocenters. The highest BCUT2D eigenvalue weighted by atomic mass is 16.5. The highest BCUT2D eigenvalue weighted by Gasteiger charge is 2.22. The van der Waals surface area contributed by atoms with Crippen LogP contribution in [0.1, 0.15) is 57.6 Å². The van der Waals surface area contributed by atoms with E-state index in [1.54, 1.807) is 0 Å². The maximum Gasteiger partial charge on any atom is 0.119 e. The minimum absolute atomic E-state index is 0.0948. The van der Waals surface area contributed by atoms with Gasteiger partial charge in [0.2, 0.25) is 0 Å². The molecule has 1 aliphatic heterocycles. The first-order valence-electron chi connectivity index (χ1n) is 8.47. The molecule has 1 saturated heterocycles. The first-order chi connectivity index (χ1) is 10.2. The molecule has 1 aliphatic rings. The summed E-state index contributed by atoms with van der Waals surface area (Å²) in [5, 5.41) is 0. The van der Waals surface area contributed by atoms with E-state index in [9.17, 15) is 0 Å². The van der Waals surface area contributed by atoms with Crippen LogP contribution in [0.25, 0.3) is 0 Å². The largest absolute Gasteiger partial charge is 0.494 e. The Morgan fingerprint density at radius 1 is 1.24 bits per heavy atom. The predicted octanol–water partition coefficient (Wildman–Crippen LogP) is 3.74. The monoisotopic (exact) mass is 290 g/mol. The van der Waals surface area contributed by atoms with Crippen molar-refractivity contribution in [3.63, 3.8) is 0 Å². The SMILES string of the molecule is CCCOc1ccc(C(N)CN2CCCCC2CC)cc1. The fourth-order valence-corrected chi connectivity index (χ4v) is 3.15. The molecule has 0 bridgehead atoms. The van der Waals surface area contributed by atoms with Crippen LogP contribution in [0.5, 0.6) is 5.75 Å². The molecule has 2 rings (SSSR count). The minimum atomic E-state index is 0.0948. The molecule has 0 aromatic heterocycles. The second kappa shape index (κ2) is 8.40. The van der Waals surface area contributed by atoms with Crippen molar-refractivity contribution in [3.05, 3.63) is 29.8 Å². The van der Waals surface area contributed by atoms with E-state index >= 15 is 0 Å². The summed E-state index contributed by atoms with van der Waals surface area (Å²) in [6.07, 6.45) is 6.28. The van der Waals surface area contributed by atoms with Gasteiger partial charge in [0.05, 0.1) is 6.61 Å². The van der Waals surface area contributed by atoms with Gasteiger partial charge in [-0.15, -0.1) is 0 Å². The van der Waals surface area contributed by atoms with E-state index in [1.807, 2.05) is 12.1 Å². The molecule has 0 amide bonds. The fraction of sp³-hybridized carbons (Fsp3) is 0.667. The topological polar surface area (TPSA) is 38.5 Å². The van der Waals surface area contributed by atoms with Crippen molar-refractivity contribution in [1.29, 1.82) is 0 Å². The zero-order valence-electron chi connectivity index (χ0n) is 13.6. The second-order valence-corrected chi connectivity index (χ2v) is 6.08. The minimum Gasteiger partial charge on any atom is -0.494 e. The van der Waals surface area contributed by atoms with E-state index in [4.69, 9.17) is 10.5 Å². The molecule has 0 aliphatic carbocycles. The number of ether oxygens (including phenoxy) is 1. The summed E-state index contributed by atoms with van der Waals surface area (Å²) in [5.41, 5.74) is 7.62. The molecule has 3 heteroatoms. The van der Waals surface area contributed by atoms with Crippen LogP contribution in [0.15, 0.2) is 24.3 Å². The van der Waals surface area contributed by atoms with Crippen molar-refractivity contribution in [2.45, 2.75) is 58.0 Å². The second-order valence-electron chi connectivity index (χ2n) is 6.08. The summed E-state index contributed by atoms with van der Waals surface area (Å²) in [7, 11) is 0. The molecule has 118 valence electrons. The van der Waals surface area contributed by atoms with Gasteiger partial charge in [-0.3, -0.25) is 4.90 Å². The molecule has 21 heavy (non-hydrogen) atoms. The van der Waals surface area contributed by atoms with Crippen LogP contribution in [0, 0.1) is 0 Å². The molecule has 2 atom stereocenters. The average Bonchev–Trinajstić information content (AvgIpc) is 2.54. The van der Waals surface area contributed by atoms with Crippen molar-refractivity contribution in [3.8, 4) is 5.75 Å². The number of likely N-dealkylation sites (tertiary alicyclic amines) is 1. The van der Waals surface area contributed by atoms with Crippen LogP contribution in [-0.4, -0.2) is 30.6 Å². The highest BCUT2D eigenvalue weighted by molar-refractivity contribution is 5.29. The number of hydrogen-bond donors (Lipinski definition) is 1. The smallest absolute Gasteiger partial charge is 0.119 e. The normalized spacial score (nSPS) is 21.2. The molecule has 0 radical (unpaired) electrons. The number of rotatable bonds is 7. The van der Waals surface area contributed by atoms with Gasteiger partial charge >= 0.3 is 0 Å². The quantitative estimate of drug-likeness (QED) is 0.831. The lowest BCUT2D eigenvalue weighted by Crippen LogP contribution is -2.42.